The average Bonchev–Trinajstić information content (AvgIpc) is 3.15. The number of hydrogen-bond donors (Lipinski definition) is 1. The van der Waals surface area contributed by atoms with Crippen molar-refractivity contribution in [3.05, 3.63) is 23.8 Å². The smallest absolute Gasteiger partial charge is 0.254 e. The number of hydrogen-bond acceptors (Lipinski definition) is 6. The highest BCUT2D eigenvalue weighted by Crippen LogP contribution is 2.32. The zero-order valence-electron chi connectivity index (χ0n) is 14.8. The molecule has 4 rings (SSSR count). The average molecular weight is 361 g/mol. The largest absolute Gasteiger partial charge is 0.454 e. The quantitative estimate of drug-likeness (QED) is 0.803. The topological polar surface area (TPSA) is 80.3 Å². The molecule has 3 aliphatic rings. The predicted molar refractivity (Wildman–Crippen MR) is 92.3 cm³/mol. The highest BCUT2D eigenvalue weighted by Gasteiger charge is 2.34. The molecule has 0 unspecified atom stereocenters. The predicted octanol–water partition coefficient (Wildman–Crippen LogP) is 0.0766. The third kappa shape index (κ3) is 3.22. The van der Waals surface area contributed by atoms with Gasteiger partial charge in [0.25, 0.3) is 5.91 Å². The normalized spacial score (nSPS) is 25.3. The van der Waals surface area contributed by atoms with Gasteiger partial charge >= 0.3 is 0 Å². The van der Waals surface area contributed by atoms with Gasteiger partial charge in [-0.1, -0.05) is 0 Å². The van der Waals surface area contributed by atoms with Gasteiger partial charge in [0.1, 0.15) is 6.04 Å². The highest BCUT2D eigenvalue weighted by molar-refractivity contribution is 5.95. The van der Waals surface area contributed by atoms with Gasteiger partial charge in [0.2, 0.25) is 12.7 Å². The van der Waals surface area contributed by atoms with Crippen molar-refractivity contribution in [2.45, 2.75) is 19.1 Å². The maximum atomic E-state index is 12.7. The molecule has 0 bridgehead atoms. The molecule has 0 spiro atoms. The summed E-state index contributed by atoms with van der Waals surface area (Å²) < 4.78 is 16.2. The molecular weight excluding hydrogens is 338 g/mol. The van der Waals surface area contributed by atoms with Gasteiger partial charge in [-0.2, -0.15) is 0 Å². The Bertz CT molecular complexity index is 702. The molecule has 1 aromatic carbocycles. The lowest BCUT2D eigenvalue weighted by atomic mass is 10.1. The fraction of sp³-hybridized carbons (Fsp3) is 0.556. The zero-order valence-corrected chi connectivity index (χ0v) is 14.8. The fourth-order valence-electron chi connectivity index (χ4n) is 3.55. The first-order valence-corrected chi connectivity index (χ1v) is 8.96. The molecule has 3 aliphatic heterocycles. The molecule has 3 heterocycles. The number of piperazine rings is 1. The summed E-state index contributed by atoms with van der Waals surface area (Å²) in [7, 11) is 0. The third-order valence-corrected chi connectivity index (χ3v) is 5.08. The lowest BCUT2D eigenvalue weighted by Gasteiger charge is -2.38. The standard InChI is InChI=1S/C18H23N3O5/c1-12-16(19-4-9-24-12)18(23)21-7-5-20(6-8-21)17(22)13-2-3-14-15(10-13)26-11-25-14/h2-3,10,12,16,19H,4-9,11H2,1H3/t12-,16+/m1/s1. The van der Waals surface area contributed by atoms with E-state index < -0.39 is 0 Å². The molecule has 1 aromatic rings. The lowest BCUT2D eigenvalue weighted by molar-refractivity contribution is -0.140. The number of benzene rings is 1. The van der Waals surface area contributed by atoms with Crippen molar-refractivity contribution in [1.82, 2.24) is 15.1 Å². The van der Waals surface area contributed by atoms with Crippen LogP contribution in [0.3, 0.4) is 0 Å². The molecule has 8 nitrogen and oxygen atoms in total. The Morgan fingerprint density at radius 2 is 1.81 bits per heavy atom. The SMILES string of the molecule is C[C@H]1OCCN[C@@H]1C(=O)N1CCN(C(=O)c2ccc3c(c2)OCO3)CC1. The molecule has 8 heteroatoms. The van der Waals surface area contributed by atoms with Gasteiger partial charge in [0.15, 0.2) is 11.5 Å². The monoisotopic (exact) mass is 361 g/mol. The molecule has 1 N–H and O–H groups in total. The Labute approximate surface area is 152 Å². The Hall–Kier alpha value is -2.32. The minimum Gasteiger partial charge on any atom is -0.454 e. The summed E-state index contributed by atoms with van der Waals surface area (Å²) in [6.07, 6.45) is -0.135. The van der Waals surface area contributed by atoms with Crippen LogP contribution in [-0.4, -0.2) is 79.9 Å². The second-order valence-corrected chi connectivity index (χ2v) is 6.69. The summed E-state index contributed by atoms with van der Waals surface area (Å²) in [5, 5.41) is 3.23. The molecule has 0 radical (unpaired) electrons. The Balaban J connectivity index is 1.36. The molecule has 26 heavy (non-hydrogen) atoms. The number of amides is 2. The van der Waals surface area contributed by atoms with Crippen molar-refractivity contribution in [3.63, 3.8) is 0 Å². The zero-order chi connectivity index (χ0) is 18.1. The second-order valence-electron chi connectivity index (χ2n) is 6.69. The molecule has 2 saturated heterocycles. The van der Waals surface area contributed by atoms with Gasteiger partial charge in [-0.25, -0.2) is 0 Å². The third-order valence-electron chi connectivity index (χ3n) is 5.08. The molecular formula is C18H23N3O5. The van der Waals surface area contributed by atoms with Gasteiger partial charge in [-0.15, -0.1) is 0 Å². The van der Waals surface area contributed by atoms with Crippen LogP contribution in [0.1, 0.15) is 17.3 Å². The fourth-order valence-corrected chi connectivity index (χ4v) is 3.55. The van der Waals surface area contributed by atoms with E-state index in [0.29, 0.717) is 56.4 Å². The maximum Gasteiger partial charge on any atom is 0.254 e. The molecule has 140 valence electrons. The van der Waals surface area contributed by atoms with Crippen LogP contribution in [-0.2, 0) is 9.53 Å². The Morgan fingerprint density at radius 1 is 1.08 bits per heavy atom. The van der Waals surface area contributed by atoms with Gasteiger partial charge in [0, 0.05) is 38.3 Å². The van der Waals surface area contributed by atoms with E-state index in [9.17, 15) is 9.59 Å². The van der Waals surface area contributed by atoms with Crippen LogP contribution in [0.5, 0.6) is 11.5 Å². The van der Waals surface area contributed by atoms with Crippen molar-refractivity contribution in [2.75, 3.05) is 46.1 Å². The van der Waals surface area contributed by atoms with Crippen molar-refractivity contribution >= 4 is 11.8 Å². The van der Waals surface area contributed by atoms with Gasteiger partial charge in [-0.05, 0) is 25.1 Å². The molecule has 2 atom stereocenters. The molecule has 2 amide bonds. The Kier molecular flexibility index (Phi) is 4.69. The second kappa shape index (κ2) is 7.13. The number of rotatable bonds is 2. The van der Waals surface area contributed by atoms with Crippen LogP contribution in [0.15, 0.2) is 18.2 Å². The highest BCUT2D eigenvalue weighted by atomic mass is 16.7. The van der Waals surface area contributed by atoms with E-state index in [-0.39, 0.29) is 30.8 Å². The number of fused-ring (bicyclic) bond motifs is 1. The van der Waals surface area contributed by atoms with Crippen LogP contribution < -0.4 is 14.8 Å². The van der Waals surface area contributed by atoms with Gasteiger partial charge < -0.3 is 29.3 Å². The van der Waals surface area contributed by atoms with Crippen molar-refractivity contribution in [1.29, 1.82) is 0 Å². The van der Waals surface area contributed by atoms with E-state index in [1.807, 2.05) is 11.8 Å². The molecule has 0 saturated carbocycles. The van der Waals surface area contributed by atoms with Crippen LogP contribution in [0.2, 0.25) is 0 Å². The first-order valence-electron chi connectivity index (χ1n) is 8.96. The van der Waals surface area contributed by atoms with Crippen LogP contribution in [0.4, 0.5) is 0 Å². The van der Waals surface area contributed by atoms with E-state index in [1.54, 1.807) is 23.1 Å². The minimum atomic E-state index is -0.306. The van der Waals surface area contributed by atoms with E-state index in [0.717, 1.165) is 0 Å². The number of carbonyl (C=O) groups is 2. The van der Waals surface area contributed by atoms with Crippen LogP contribution in [0.25, 0.3) is 0 Å². The summed E-state index contributed by atoms with van der Waals surface area (Å²) in [4.78, 5) is 29.0. The molecule has 2 fully saturated rings. The van der Waals surface area contributed by atoms with Crippen molar-refractivity contribution in [3.8, 4) is 11.5 Å². The number of ether oxygens (including phenoxy) is 3. The van der Waals surface area contributed by atoms with E-state index in [4.69, 9.17) is 14.2 Å². The van der Waals surface area contributed by atoms with E-state index in [1.165, 1.54) is 0 Å². The van der Waals surface area contributed by atoms with Crippen LogP contribution in [0, 0.1) is 0 Å². The molecule has 0 aliphatic carbocycles. The van der Waals surface area contributed by atoms with E-state index >= 15 is 0 Å². The van der Waals surface area contributed by atoms with Crippen LogP contribution >= 0.6 is 0 Å². The van der Waals surface area contributed by atoms with Crippen molar-refractivity contribution < 1.29 is 23.8 Å². The molecule has 0 aromatic heterocycles. The lowest BCUT2D eigenvalue weighted by Crippen LogP contribution is -2.60. The minimum absolute atomic E-state index is 0.0485. The summed E-state index contributed by atoms with van der Waals surface area (Å²) in [6.45, 7) is 5.49. The first kappa shape index (κ1) is 17.1. The maximum absolute atomic E-state index is 12.7. The Morgan fingerprint density at radius 3 is 2.58 bits per heavy atom. The van der Waals surface area contributed by atoms with E-state index in [2.05, 4.69) is 5.32 Å². The summed E-state index contributed by atoms with van der Waals surface area (Å²) in [6, 6.07) is 4.91. The van der Waals surface area contributed by atoms with Gasteiger partial charge in [-0.3, -0.25) is 9.59 Å². The van der Waals surface area contributed by atoms with Gasteiger partial charge in [0.05, 0.1) is 12.7 Å². The summed E-state index contributed by atoms with van der Waals surface area (Å²) >= 11 is 0. The first-order chi connectivity index (χ1) is 12.6. The number of morpholine rings is 1. The number of carbonyl (C=O) groups excluding carboxylic acids is 2. The number of nitrogens with one attached hydrogen (secondary N) is 1. The number of nitrogens with zero attached hydrogens (tertiary/aromatic N) is 2. The summed E-state index contributed by atoms with van der Waals surface area (Å²) in [5.74, 6) is 1.26. The van der Waals surface area contributed by atoms with Crippen molar-refractivity contribution in [2.24, 2.45) is 0 Å². The summed E-state index contributed by atoms with van der Waals surface area (Å²) in [5.41, 5.74) is 0.574.